The minimum atomic E-state index is -0.451. The normalized spacial score (nSPS) is 18.8. The third-order valence-corrected chi connectivity index (χ3v) is 3.98. The molecule has 0 saturated carbocycles. The van der Waals surface area contributed by atoms with E-state index in [2.05, 4.69) is 5.32 Å². The number of benzene rings is 1. The highest BCUT2D eigenvalue weighted by Crippen LogP contribution is 2.25. The molecule has 1 heterocycles. The molecule has 1 fully saturated rings. The Kier molecular flexibility index (Phi) is 4.74. The summed E-state index contributed by atoms with van der Waals surface area (Å²) < 4.78 is 0. The van der Waals surface area contributed by atoms with E-state index in [1.54, 1.807) is 16.7 Å². The average Bonchev–Trinajstić information content (AvgIpc) is 2.44. The van der Waals surface area contributed by atoms with Gasteiger partial charge in [0.25, 0.3) is 0 Å². The Labute approximate surface area is 132 Å². The van der Waals surface area contributed by atoms with Crippen molar-refractivity contribution in [2.45, 2.75) is 46.7 Å². The van der Waals surface area contributed by atoms with Crippen LogP contribution in [0.5, 0.6) is 0 Å². The number of aryl methyl sites for hydroxylation is 2. The van der Waals surface area contributed by atoms with Crippen molar-refractivity contribution in [1.29, 1.82) is 0 Å². The van der Waals surface area contributed by atoms with Gasteiger partial charge in [0, 0.05) is 24.8 Å². The first-order valence-corrected chi connectivity index (χ1v) is 7.77. The van der Waals surface area contributed by atoms with E-state index in [0.29, 0.717) is 13.1 Å². The summed E-state index contributed by atoms with van der Waals surface area (Å²) in [4.78, 5) is 28.3. The van der Waals surface area contributed by atoms with E-state index in [9.17, 15) is 9.59 Å². The van der Waals surface area contributed by atoms with Crippen LogP contribution in [0.4, 0.5) is 10.5 Å². The number of hydrogen-bond donors (Lipinski definition) is 1. The Morgan fingerprint density at radius 2 is 1.95 bits per heavy atom. The lowest BCUT2D eigenvalue weighted by molar-refractivity contribution is -0.124. The molecule has 1 unspecified atom stereocenters. The monoisotopic (exact) mass is 303 g/mol. The fourth-order valence-corrected chi connectivity index (χ4v) is 2.73. The van der Waals surface area contributed by atoms with Gasteiger partial charge >= 0.3 is 6.03 Å². The van der Waals surface area contributed by atoms with Gasteiger partial charge < -0.3 is 15.1 Å². The molecule has 0 radical (unpaired) electrons. The van der Waals surface area contributed by atoms with Crippen molar-refractivity contribution in [1.82, 2.24) is 10.2 Å². The first kappa shape index (κ1) is 16.3. The standard InChI is InChI=1S/C17H25N3O2/c1-11(2)18-17(22)19-8-9-20(16(21)14(19)5)15-10-12(3)6-7-13(15)4/h6-7,10-11,14H,8-9H2,1-5H3,(H,18,22). The largest absolute Gasteiger partial charge is 0.336 e. The molecule has 5 heteroatoms. The van der Waals surface area contributed by atoms with Crippen molar-refractivity contribution in [2.75, 3.05) is 18.0 Å². The van der Waals surface area contributed by atoms with E-state index in [1.807, 2.05) is 45.9 Å². The lowest BCUT2D eigenvalue weighted by Crippen LogP contribution is -2.60. The first-order valence-electron chi connectivity index (χ1n) is 7.77. The highest BCUT2D eigenvalue weighted by atomic mass is 16.2. The number of rotatable bonds is 2. The molecule has 22 heavy (non-hydrogen) atoms. The number of anilines is 1. The molecular weight excluding hydrogens is 278 g/mol. The minimum Gasteiger partial charge on any atom is -0.336 e. The maximum Gasteiger partial charge on any atom is 0.318 e. The summed E-state index contributed by atoms with van der Waals surface area (Å²) in [5.74, 6) is -0.0288. The van der Waals surface area contributed by atoms with Gasteiger partial charge in [0.05, 0.1) is 0 Å². The first-order chi connectivity index (χ1) is 10.3. The number of nitrogens with zero attached hydrogens (tertiary/aromatic N) is 2. The number of hydrogen-bond acceptors (Lipinski definition) is 2. The van der Waals surface area contributed by atoms with Crippen molar-refractivity contribution in [2.24, 2.45) is 0 Å². The zero-order valence-corrected chi connectivity index (χ0v) is 14.0. The lowest BCUT2D eigenvalue weighted by Gasteiger charge is -2.39. The number of amides is 3. The molecule has 120 valence electrons. The van der Waals surface area contributed by atoms with E-state index >= 15 is 0 Å². The summed E-state index contributed by atoms with van der Waals surface area (Å²) >= 11 is 0. The Morgan fingerprint density at radius 3 is 2.59 bits per heavy atom. The van der Waals surface area contributed by atoms with Crippen LogP contribution in [-0.4, -0.2) is 42.0 Å². The summed E-state index contributed by atoms with van der Waals surface area (Å²) in [6.07, 6.45) is 0. The van der Waals surface area contributed by atoms with E-state index in [-0.39, 0.29) is 18.0 Å². The summed E-state index contributed by atoms with van der Waals surface area (Å²) in [5, 5.41) is 2.85. The highest BCUT2D eigenvalue weighted by Gasteiger charge is 2.35. The van der Waals surface area contributed by atoms with Crippen molar-refractivity contribution < 1.29 is 9.59 Å². The molecule has 2 rings (SSSR count). The molecule has 1 aliphatic rings. The smallest absolute Gasteiger partial charge is 0.318 e. The van der Waals surface area contributed by atoms with Crippen LogP contribution in [0.2, 0.25) is 0 Å². The SMILES string of the molecule is Cc1ccc(C)c(N2CCN(C(=O)NC(C)C)C(C)C2=O)c1. The number of carbonyl (C=O) groups excluding carboxylic acids is 2. The number of nitrogens with one attached hydrogen (secondary N) is 1. The second-order valence-electron chi connectivity index (χ2n) is 6.25. The molecule has 0 aliphatic carbocycles. The second kappa shape index (κ2) is 6.38. The van der Waals surface area contributed by atoms with Crippen LogP contribution in [0.15, 0.2) is 18.2 Å². The van der Waals surface area contributed by atoms with Crippen molar-refractivity contribution in [3.05, 3.63) is 29.3 Å². The van der Waals surface area contributed by atoms with E-state index in [4.69, 9.17) is 0 Å². The fourth-order valence-electron chi connectivity index (χ4n) is 2.73. The minimum absolute atomic E-state index is 0.0288. The van der Waals surface area contributed by atoms with Gasteiger partial charge in [0.15, 0.2) is 0 Å². The molecule has 0 spiro atoms. The second-order valence-corrected chi connectivity index (χ2v) is 6.25. The van der Waals surface area contributed by atoms with Crippen LogP contribution >= 0.6 is 0 Å². The van der Waals surface area contributed by atoms with E-state index in [0.717, 1.165) is 16.8 Å². The maximum atomic E-state index is 12.7. The third kappa shape index (κ3) is 3.24. The molecule has 1 aromatic carbocycles. The molecule has 3 amide bonds. The summed E-state index contributed by atoms with van der Waals surface area (Å²) in [6.45, 7) is 10.7. The van der Waals surface area contributed by atoms with Crippen LogP contribution in [0.25, 0.3) is 0 Å². The van der Waals surface area contributed by atoms with Gasteiger partial charge in [-0.25, -0.2) is 4.79 Å². The van der Waals surface area contributed by atoms with Crippen LogP contribution in [0, 0.1) is 13.8 Å². The van der Waals surface area contributed by atoms with Gasteiger partial charge in [-0.3, -0.25) is 4.79 Å². The molecule has 5 nitrogen and oxygen atoms in total. The third-order valence-electron chi connectivity index (χ3n) is 3.98. The van der Waals surface area contributed by atoms with Crippen molar-refractivity contribution in [3.8, 4) is 0 Å². The molecule has 1 aliphatic heterocycles. The van der Waals surface area contributed by atoms with Gasteiger partial charge in [0.2, 0.25) is 5.91 Å². The van der Waals surface area contributed by atoms with Gasteiger partial charge in [-0.15, -0.1) is 0 Å². The van der Waals surface area contributed by atoms with Gasteiger partial charge in [0.1, 0.15) is 6.04 Å². The van der Waals surface area contributed by atoms with E-state index in [1.165, 1.54) is 0 Å². The lowest BCUT2D eigenvalue weighted by atomic mass is 10.1. The molecule has 1 atom stereocenters. The summed E-state index contributed by atoms with van der Waals surface area (Å²) in [7, 11) is 0. The van der Waals surface area contributed by atoms with Gasteiger partial charge in [-0.2, -0.15) is 0 Å². The topological polar surface area (TPSA) is 52.6 Å². The summed E-state index contributed by atoms with van der Waals surface area (Å²) in [5.41, 5.74) is 3.15. The van der Waals surface area contributed by atoms with Crippen LogP contribution in [-0.2, 0) is 4.79 Å². The number of piperazine rings is 1. The highest BCUT2D eigenvalue weighted by molar-refractivity contribution is 6.00. The predicted octanol–water partition coefficient (Wildman–Crippen LogP) is 2.46. The molecule has 1 N–H and O–H groups in total. The Balaban J connectivity index is 2.19. The number of carbonyl (C=O) groups is 2. The fraction of sp³-hybridized carbons (Fsp3) is 0.529. The molecule has 0 bridgehead atoms. The van der Waals surface area contributed by atoms with E-state index < -0.39 is 6.04 Å². The number of urea groups is 1. The zero-order chi connectivity index (χ0) is 16.4. The van der Waals surface area contributed by atoms with Crippen LogP contribution in [0.1, 0.15) is 31.9 Å². The molecular formula is C17H25N3O2. The van der Waals surface area contributed by atoms with Crippen molar-refractivity contribution in [3.63, 3.8) is 0 Å². The molecule has 1 saturated heterocycles. The zero-order valence-electron chi connectivity index (χ0n) is 14.0. The molecule has 1 aromatic rings. The summed E-state index contributed by atoms with van der Waals surface area (Å²) in [6, 6.07) is 5.54. The van der Waals surface area contributed by atoms with Crippen molar-refractivity contribution >= 4 is 17.6 Å². The van der Waals surface area contributed by atoms with Crippen LogP contribution < -0.4 is 10.2 Å². The van der Waals surface area contributed by atoms with Gasteiger partial charge in [-0.05, 0) is 51.8 Å². The average molecular weight is 303 g/mol. The predicted molar refractivity (Wildman–Crippen MR) is 88.1 cm³/mol. The maximum absolute atomic E-state index is 12.7. The van der Waals surface area contributed by atoms with Gasteiger partial charge in [-0.1, -0.05) is 12.1 Å². The Bertz CT molecular complexity index is 583. The molecule has 0 aromatic heterocycles. The van der Waals surface area contributed by atoms with Crippen LogP contribution in [0.3, 0.4) is 0 Å². The quantitative estimate of drug-likeness (QED) is 0.912. The Hall–Kier alpha value is -2.04. The Morgan fingerprint density at radius 1 is 1.27 bits per heavy atom.